The first kappa shape index (κ1) is 23.2. The number of pyridine rings is 1. The zero-order valence-electron chi connectivity index (χ0n) is 19.8. The molecule has 10 nitrogen and oxygen atoms in total. The Balaban J connectivity index is 2.02. The van der Waals surface area contributed by atoms with Crippen LogP contribution < -0.4 is 19.1 Å². The Morgan fingerprint density at radius 1 is 1.00 bits per heavy atom. The van der Waals surface area contributed by atoms with E-state index in [1.807, 2.05) is 55.3 Å². The molecule has 1 N–H and O–H groups in total. The lowest BCUT2D eigenvalue weighted by molar-refractivity contribution is 0.141. The van der Waals surface area contributed by atoms with E-state index >= 15 is 0 Å². The standard InChI is InChI=1S/C24H28N6O4/c1-6-17(31)23-25-13-15(2)14-29(23)24-28-27-22(16-9-7-12-20(26-16)34-5)30(24)21-18(32-3)10-8-11-19(21)33-4/h7-14,17,23,31H,6H2,1-5H3/t17-,23+/m0/s1. The van der Waals surface area contributed by atoms with Gasteiger partial charge in [-0.05, 0) is 37.1 Å². The Kier molecular flexibility index (Phi) is 6.78. The summed E-state index contributed by atoms with van der Waals surface area (Å²) in [5.41, 5.74) is 2.04. The maximum Gasteiger partial charge on any atom is 0.238 e. The number of anilines is 1. The fourth-order valence-corrected chi connectivity index (χ4v) is 3.79. The van der Waals surface area contributed by atoms with Crippen molar-refractivity contribution >= 4 is 12.2 Å². The van der Waals surface area contributed by atoms with E-state index in [0.29, 0.717) is 47.0 Å². The average molecular weight is 465 g/mol. The first-order valence-electron chi connectivity index (χ1n) is 10.9. The third-order valence-electron chi connectivity index (χ3n) is 5.49. The Hall–Kier alpha value is -3.92. The SMILES string of the molecule is CC[C@H](O)[C@@H]1N=CC(C)=CN1c1nnc(-c2cccc(OC)n2)n1-c1c(OC)cccc1OC. The summed E-state index contributed by atoms with van der Waals surface area (Å²) < 4.78 is 18.5. The van der Waals surface area contributed by atoms with E-state index in [2.05, 4.69) is 20.2 Å². The van der Waals surface area contributed by atoms with Crippen LogP contribution in [0.4, 0.5) is 5.95 Å². The molecule has 0 bridgehead atoms. The maximum atomic E-state index is 10.7. The van der Waals surface area contributed by atoms with Gasteiger partial charge in [0.2, 0.25) is 11.8 Å². The van der Waals surface area contributed by atoms with Crippen LogP contribution in [0.2, 0.25) is 0 Å². The molecule has 34 heavy (non-hydrogen) atoms. The van der Waals surface area contributed by atoms with Gasteiger partial charge >= 0.3 is 0 Å². The van der Waals surface area contributed by atoms with Gasteiger partial charge in [-0.2, -0.15) is 0 Å². The molecule has 4 rings (SSSR count). The van der Waals surface area contributed by atoms with E-state index < -0.39 is 12.3 Å². The minimum atomic E-state index is -0.719. The van der Waals surface area contributed by atoms with E-state index in [-0.39, 0.29) is 0 Å². The van der Waals surface area contributed by atoms with Gasteiger partial charge in [-0.25, -0.2) is 4.98 Å². The minimum absolute atomic E-state index is 0.427. The van der Waals surface area contributed by atoms with E-state index in [1.165, 1.54) is 0 Å². The Bertz CT molecular complexity index is 1200. The summed E-state index contributed by atoms with van der Waals surface area (Å²) in [6.07, 6.45) is 2.85. The fraction of sp³-hybridized carbons (Fsp3) is 0.333. The van der Waals surface area contributed by atoms with Crippen molar-refractivity contribution in [3.8, 4) is 34.6 Å². The molecule has 0 spiro atoms. The van der Waals surface area contributed by atoms with Gasteiger partial charge in [0.15, 0.2) is 12.0 Å². The highest BCUT2D eigenvalue weighted by Gasteiger charge is 2.32. The van der Waals surface area contributed by atoms with E-state index in [0.717, 1.165) is 5.57 Å². The number of methoxy groups -OCH3 is 3. The molecule has 0 fully saturated rings. The lowest BCUT2D eigenvalue weighted by Gasteiger charge is -2.32. The molecule has 3 heterocycles. The molecule has 1 aliphatic heterocycles. The van der Waals surface area contributed by atoms with Crippen molar-refractivity contribution in [2.75, 3.05) is 26.2 Å². The molecule has 3 aromatic rings. The van der Waals surface area contributed by atoms with Crippen LogP contribution in [0.15, 0.2) is 53.2 Å². The van der Waals surface area contributed by atoms with Crippen LogP contribution in [0.25, 0.3) is 17.2 Å². The number of hydrogen-bond donors (Lipinski definition) is 1. The largest absolute Gasteiger partial charge is 0.494 e. The number of ether oxygens (including phenoxy) is 3. The lowest BCUT2D eigenvalue weighted by atomic mass is 10.1. The summed E-state index contributed by atoms with van der Waals surface area (Å²) in [4.78, 5) is 10.9. The smallest absolute Gasteiger partial charge is 0.238 e. The third kappa shape index (κ3) is 4.19. The van der Waals surface area contributed by atoms with Crippen molar-refractivity contribution in [1.82, 2.24) is 19.7 Å². The fourth-order valence-electron chi connectivity index (χ4n) is 3.79. The normalized spacial score (nSPS) is 16.2. The van der Waals surface area contributed by atoms with Gasteiger partial charge in [-0.15, -0.1) is 10.2 Å². The van der Waals surface area contributed by atoms with Crippen LogP contribution in [0.3, 0.4) is 0 Å². The molecule has 0 saturated carbocycles. The summed E-state index contributed by atoms with van der Waals surface area (Å²) in [6.45, 7) is 3.84. The van der Waals surface area contributed by atoms with Crippen molar-refractivity contribution in [1.29, 1.82) is 0 Å². The van der Waals surface area contributed by atoms with Gasteiger partial charge in [0.1, 0.15) is 22.9 Å². The quantitative estimate of drug-likeness (QED) is 0.541. The zero-order valence-corrected chi connectivity index (χ0v) is 19.8. The molecule has 0 saturated heterocycles. The Morgan fingerprint density at radius 2 is 1.71 bits per heavy atom. The molecule has 0 unspecified atom stereocenters. The predicted molar refractivity (Wildman–Crippen MR) is 129 cm³/mol. The van der Waals surface area contributed by atoms with Crippen LogP contribution in [-0.4, -0.2) is 64.7 Å². The molecule has 178 valence electrons. The molecule has 0 aliphatic carbocycles. The number of benzene rings is 1. The monoisotopic (exact) mass is 464 g/mol. The Labute approximate surface area is 198 Å². The first-order valence-corrected chi connectivity index (χ1v) is 10.9. The molecule has 2 atom stereocenters. The van der Waals surface area contributed by atoms with Crippen LogP contribution in [-0.2, 0) is 0 Å². The number of aliphatic hydroxyl groups is 1. The van der Waals surface area contributed by atoms with E-state index in [4.69, 9.17) is 14.2 Å². The van der Waals surface area contributed by atoms with E-state index in [1.54, 1.807) is 38.2 Å². The average Bonchev–Trinajstić information content (AvgIpc) is 3.32. The number of para-hydroxylation sites is 1. The highest BCUT2D eigenvalue weighted by atomic mass is 16.5. The first-order chi connectivity index (χ1) is 16.5. The highest BCUT2D eigenvalue weighted by Crippen LogP contribution is 2.39. The van der Waals surface area contributed by atoms with Gasteiger partial charge in [-0.3, -0.25) is 14.5 Å². The van der Waals surface area contributed by atoms with Gasteiger partial charge in [0.25, 0.3) is 0 Å². The summed E-state index contributed by atoms with van der Waals surface area (Å²) in [5, 5.41) is 19.7. The number of nitrogens with zero attached hydrogens (tertiary/aromatic N) is 6. The molecular weight excluding hydrogens is 436 g/mol. The highest BCUT2D eigenvalue weighted by molar-refractivity contribution is 5.81. The van der Waals surface area contributed by atoms with Crippen molar-refractivity contribution in [3.63, 3.8) is 0 Å². The van der Waals surface area contributed by atoms with Gasteiger partial charge in [0, 0.05) is 18.5 Å². The van der Waals surface area contributed by atoms with Crippen LogP contribution in [0, 0.1) is 0 Å². The summed E-state index contributed by atoms with van der Waals surface area (Å²) in [7, 11) is 4.73. The predicted octanol–water partition coefficient (Wildman–Crippen LogP) is 3.25. The van der Waals surface area contributed by atoms with Crippen molar-refractivity contribution in [2.24, 2.45) is 4.99 Å². The maximum absolute atomic E-state index is 10.7. The van der Waals surface area contributed by atoms with Gasteiger partial charge in [0.05, 0.1) is 27.4 Å². The second-order valence-electron chi connectivity index (χ2n) is 7.68. The summed E-state index contributed by atoms with van der Waals surface area (Å²) >= 11 is 0. The van der Waals surface area contributed by atoms with Crippen molar-refractivity contribution in [3.05, 3.63) is 48.2 Å². The molecule has 1 aromatic carbocycles. The number of rotatable bonds is 8. The third-order valence-corrected chi connectivity index (χ3v) is 5.49. The molecule has 2 aromatic heterocycles. The van der Waals surface area contributed by atoms with Crippen LogP contribution in [0.1, 0.15) is 20.3 Å². The molecule has 10 heteroatoms. The topological polar surface area (TPSA) is 107 Å². The van der Waals surface area contributed by atoms with Crippen LogP contribution in [0.5, 0.6) is 17.4 Å². The number of allylic oxidation sites excluding steroid dienone is 1. The number of aliphatic imine (C=N–C) groups is 1. The van der Waals surface area contributed by atoms with Gasteiger partial charge in [-0.1, -0.05) is 19.1 Å². The molecule has 0 amide bonds. The lowest BCUT2D eigenvalue weighted by Crippen LogP contribution is -2.42. The van der Waals surface area contributed by atoms with Crippen molar-refractivity contribution < 1.29 is 19.3 Å². The molecule has 0 radical (unpaired) electrons. The number of aliphatic hydroxyl groups excluding tert-OH is 1. The molecular formula is C24H28N6O4. The summed E-state index contributed by atoms with van der Waals surface area (Å²) in [6, 6.07) is 10.9. The van der Waals surface area contributed by atoms with Crippen molar-refractivity contribution in [2.45, 2.75) is 32.5 Å². The van der Waals surface area contributed by atoms with E-state index in [9.17, 15) is 5.11 Å². The second-order valence-corrected chi connectivity index (χ2v) is 7.68. The number of hydrogen-bond acceptors (Lipinski definition) is 9. The van der Waals surface area contributed by atoms with Gasteiger partial charge < -0.3 is 19.3 Å². The minimum Gasteiger partial charge on any atom is -0.494 e. The second kappa shape index (κ2) is 9.92. The molecule has 1 aliphatic rings. The zero-order chi connectivity index (χ0) is 24.2. The van der Waals surface area contributed by atoms with Crippen LogP contribution >= 0.6 is 0 Å². The summed E-state index contributed by atoms with van der Waals surface area (Å²) in [5.74, 6) is 2.42. The Morgan fingerprint density at radius 3 is 2.35 bits per heavy atom. The number of aromatic nitrogens is 4.